The Morgan fingerprint density at radius 1 is 1.35 bits per heavy atom. The van der Waals surface area contributed by atoms with E-state index in [-0.39, 0.29) is 5.56 Å². The highest BCUT2D eigenvalue weighted by atomic mass is 16.1. The molecule has 4 heterocycles. The first-order valence-corrected chi connectivity index (χ1v) is 7.80. The van der Waals surface area contributed by atoms with Crippen LogP contribution in [-0.4, -0.2) is 37.8 Å². The summed E-state index contributed by atoms with van der Waals surface area (Å²) in [6.07, 6.45) is 5.54. The third-order valence-electron chi connectivity index (χ3n) is 4.42. The summed E-state index contributed by atoms with van der Waals surface area (Å²) in [4.78, 5) is 26.3. The van der Waals surface area contributed by atoms with Crippen LogP contribution in [0.15, 0.2) is 35.4 Å². The van der Waals surface area contributed by atoms with Crippen molar-refractivity contribution in [2.75, 3.05) is 18.0 Å². The highest BCUT2D eigenvalue weighted by Crippen LogP contribution is 2.27. The Balaban J connectivity index is 1.67. The van der Waals surface area contributed by atoms with Crippen molar-refractivity contribution >= 4 is 17.0 Å². The van der Waals surface area contributed by atoms with Gasteiger partial charge in [-0.1, -0.05) is 6.07 Å². The lowest BCUT2D eigenvalue weighted by Crippen LogP contribution is -2.36. The highest BCUT2D eigenvalue weighted by molar-refractivity contribution is 5.74. The number of aromatic nitrogens is 5. The van der Waals surface area contributed by atoms with Gasteiger partial charge < -0.3 is 4.90 Å². The standard InChI is InChI=1S/C16H18N6O/c1-21-14-12(9-18-21)15(23)20-16(19-14)22-8-4-5-11(10-22)13-6-2-3-7-17-13/h2-3,6-7,9,11H,4-5,8,10H2,1H3,(H,19,20,23). The summed E-state index contributed by atoms with van der Waals surface area (Å²) in [6, 6.07) is 6.01. The zero-order valence-electron chi connectivity index (χ0n) is 12.9. The van der Waals surface area contributed by atoms with Crippen LogP contribution in [0.4, 0.5) is 5.95 Å². The van der Waals surface area contributed by atoms with Crippen LogP contribution in [0.1, 0.15) is 24.5 Å². The zero-order chi connectivity index (χ0) is 15.8. The Kier molecular flexibility index (Phi) is 3.33. The van der Waals surface area contributed by atoms with E-state index in [9.17, 15) is 4.79 Å². The maximum Gasteiger partial charge on any atom is 0.263 e. The van der Waals surface area contributed by atoms with Gasteiger partial charge in [0, 0.05) is 37.9 Å². The quantitative estimate of drug-likeness (QED) is 0.774. The molecule has 118 valence electrons. The summed E-state index contributed by atoms with van der Waals surface area (Å²) in [6.45, 7) is 1.69. The van der Waals surface area contributed by atoms with Gasteiger partial charge in [-0.15, -0.1) is 0 Å². The van der Waals surface area contributed by atoms with Gasteiger partial charge in [0.1, 0.15) is 5.39 Å². The normalized spacial score (nSPS) is 18.5. The van der Waals surface area contributed by atoms with Crippen LogP contribution in [0.3, 0.4) is 0 Å². The number of aromatic amines is 1. The fraction of sp³-hybridized carbons (Fsp3) is 0.375. The van der Waals surface area contributed by atoms with Gasteiger partial charge in [0.05, 0.1) is 6.20 Å². The van der Waals surface area contributed by atoms with Crippen LogP contribution in [0.2, 0.25) is 0 Å². The van der Waals surface area contributed by atoms with Crippen LogP contribution in [0.25, 0.3) is 11.0 Å². The molecule has 1 saturated heterocycles. The molecule has 1 N–H and O–H groups in total. The van der Waals surface area contributed by atoms with Crippen molar-refractivity contribution in [3.8, 4) is 0 Å². The summed E-state index contributed by atoms with van der Waals surface area (Å²) < 4.78 is 1.63. The van der Waals surface area contributed by atoms with Crippen LogP contribution >= 0.6 is 0 Å². The largest absolute Gasteiger partial charge is 0.342 e. The molecule has 0 amide bonds. The lowest BCUT2D eigenvalue weighted by molar-refractivity contribution is 0.495. The Morgan fingerprint density at radius 3 is 3.09 bits per heavy atom. The molecule has 1 unspecified atom stereocenters. The summed E-state index contributed by atoms with van der Waals surface area (Å²) >= 11 is 0. The van der Waals surface area contributed by atoms with Gasteiger partial charge in [0.2, 0.25) is 5.95 Å². The maximum absolute atomic E-state index is 12.2. The minimum Gasteiger partial charge on any atom is -0.342 e. The first-order valence-electron chi connectivity index (χ1n) is 7.80. The molecule has 3 aromatic heterocycles. The molecule has 0 bridgehead atoms. The lowest BCUT2D eigenvalue weighted by Gasteiger charge is -2.32. The topological polar surface area (TPSA) is 79.7 Å². The van der Waals surface area contributed by atoms with E-state index >= 15 is 0 Å². The Bertz CT molecular complexity index is 884. The summed E-state index contributed by atoms with van der Waals surface area (Å²) in [5, 5.41) is 4.63. The van der Waals surface area contributed by atoms with Crippen molar-refractivity contribution < 1.29 is 0 Å². The van der Waals surface area contributed by atoms with Gasteiger partial charge in [-0.25, -0.2) is 0 Å². The number of H-pyrrole nitrogens is 1. The number of nitrogens with zero attached hydrogens (tertiary/aromatic N) is 5. The fourth-order valence-electron chi connectivity index (χ4n) is 3.20. The van der Waals surface area contributed by atoms with Gasteiger partial charge in [-0.2, -0.15) is 10.1 Å². The van der Waals surface area contributed by atoms with Crippen molar-refractivity contribution in [3.05, 3.63) is 46.6 Å². The third kappa shape index (κ3) is 2.48. The Morgan fingerprint density at radius 2 is 2.26 bits per heavy atom. The van der Waals surface area contributed by atoms with E-state index in [4.69, 9.17) is 0 Å². The number of hydrogen-bond acceptors (Lipinski definition) is 5. The minimum absolute atomic E-state index is 0.141. The number of anilines is 1. The van der Waals surface area contributed by atoms with E-state index < -0.39 is 0 Å². The van der Waals surface area contributed by atoms with Gasteiger partial charge in [0.25, 0.3) is 5.56 Å². The second-order valence-electron chi connectivity index (χ2n) is 5.93. The number of aryl methyl sites for hydroxylation is 1. The fourth-order valence-corrected chi connectivity index (χ4v) is 3.20. The number of rotatable bonds is 2. The second kappa shape index (κ2) is 5.49. The van der Waals surface area contributed by atoms with E-state index in [0.717, 1.165) is 31.6 Å². The summed E-state index contributed by atoms with van der Waals surface area (Å²) in [5.41, 5.74) is 1.57. The smallest absolute Gasteiger partial charge is 0.263 e. The van der Waals surface area contributed by atoms with E-state index in [2.05, 4.69) is 31.0 Å². The molecule has 1 atom stereocenters. The van der Waals surface area contributed by atoms with Crippen LogP contribution < -0.4 is 10.5 Å². The molecular weight excluding hydrogens is 292 g/mol. The molecule has 3 aromatic rings. The van der Waals surface area contributed by atoms with Crippen LogP contribution in [0.5, 0.6) is 0 Å². The predicted molar refractivity (Wildman–Crippen MR) is 87.6 cm³/mol. The van der Waals surface area contributed by atoms with Crippen LogP contribution in [0, 0.1) is 0 Å². The monoisotopic (exact) mass is 310 g/mol. The van der Waals surface area contributed by atoms with Crippen LogP contribution in [-0.2, 0) is 7.05 Å². The van der Waals surface area contributed by atoms with E-state index in [1.807, 2.05) is 18.3 Å². The van der Waals surface area contributed by atoms with Crippen molar-refractivity contribution in [2.45, 2.75) is 18.8 Å². The third-order valence-corrected chi connectivity index (χ3v) is 4.42. The predicted octanol–water partition coefficient (Wildman–Crippen LogP) is 1.44. The highest BCUT2D eigenvalue weighted by Gasteiger charge is 2.24. The van der Waals surface area contributed by atoms with Crippen molar-refractivity contribution in [2.24, 2.45) is 7.05 Å². The maximum atomic E-state index is 12.2. The molecule has 0 spiro atoms. The van der Waals surface area contributed by atoms with Crippen molar-refractivity contribution in [1.82, 2.24) is 24.7 Å². The molecule has 1 fully saturated rings. The minimum atomic E-state index is -0.141. The van der Waals surface area contributed by atoms with Gasteiger partial charge in [-0.05, 0) is 25.0 Å². The van der Waals surface area contributed by atoms with E-state index in [0.29, 0.717) is 22.9 Å². The molecule has 0 radical (unpaired) electrons. The number of fused-ring (bicyclic) bond motifs is 1. The number of hydrogen-bond donors (Lipinski definition) is 1. The molecule has 4 rings (SSSR count). The average molecular weight is 310 g/mol. The summed E-state index contributed by atoms with van der Waals surface area (Å²) in [5.74, 6) is 0.976. The van der Waals surface area contributed by atoms with E-state index in [1.165, 1.54) is 0 Å². The first-order chi connectivity index (χ1) is 11.2. The SMILES string of the molecule is Cn1ncc2c(=O)[nH]c(N3CCCC(c4ccccn4)C3)nc21. The van der Waals surface area contributed by atoms with Gasteiger partial charge in [0.15, 0.2) is 5.65 Å². The Hall–Kier alpha value is -2.70. The molecular formula is C16H18N6O. The molecule has 1 aliphatic rings. The molecule has 0 saturated carbocycles. The molecule has 0 aliphatic carbocycles. The van der Waals surface area contributed by atoms with Crippen molar-refractivity contribution in [1.29, 1.82) is 0 Å². The van der Waals surface area contributed by atoms with E-state index in [1.54, 1.807) is 17.9 Å². The second-order valence-corrected chi connectivity index (χ2v) is 5.93. The molecule has 1 aliphatic heterocycles. The first kappa shape index (κ1) is 13.9. The lowest BCUT2D eigenvalue weighted by atomic mass is 9.94. The number of nitrogens with one attached hydrogen (secondary N) is 1. The number of pyridine rings is 1. The van der Waals surface area contributed by atoms with Gasteiger partial charge >= 0.3 is 0 Å². The van der Waals surface area contributed by atoms with Gasteiger partial charge in [-0.3, -0.25) is 19.4 Å². The summed E-state index contributed by atoms with van der Waals surface area (Å²) in [7, 11) is 1.80. The molecule has 7 nitrogen and oxygen atoms in total. The zero-order valence-corrected chi connectivity index (χ0v) is 12.9. The van der Waals surface area contributed by atoms with Crippen molar-refractivity contribution in [3.63, 3.8) is 0 Å². The number of piperidine rings is 1. The molecule has 7 heteroatoms. The average Bonchev–Trinajstić information content (AvgIpc) is 2.98. The Labute approximate surface area is 133 Å². The molecule has 23 heavy (non-hydrogen) atoms. The molecule has 0 aromatic carbocycles.